The Labute approximate surface area is 224 Å². The lowest BCUT2D eigenvalue weighted by molar-refractivity contribution is -0.140. The standard InChI is InChI=1S/C24H18F8N4O3S/c25-15-5-3-12(9-14(15)24(30,31)32)35-22(39)20-19(13-4-2-11(23(27,28)29)8-17(13)40-20)36-21(38)18(33)16(26)10-34-6-1-7-37/h2-5,8-10,33-34,37H,1,6-7H2,(H,35,39)(H,36,38)/b16-10+,33-18?. The molecule has 3 aromatic rings. The van der Waals surface area contributed by atoms with Crippen molar-refractivity contribution in [3.8, 4) is 0 Å². The van der Waals surface area contributed by atoms with Crippen molar-refractivity contribution in [1.29, 1.82) is 5.41 Å². The molecule has 0 spiro atoms. The van der Waals surface area contributed by atoms with Gasteiger partial charge in [-0.05, 0) is 36.8 Å². The third-order valence-electron chi connectivity index (χ3n) is 5.17. The van der Waals surface area contributed by atoms with Crippen LogP contribution in [0.3, 0.4) is 0 Å². The number of aliphatic hydroxyl groups is 1. The smallest absolute Gasteiger partial charge is 0.396 e. The van der Waals surface area contributed by atoms with Crippen molar-refractivity contribution in [1.82, 2.24) is 5.32 Å². The van der Waals surface area contributed by atoms with Crippen molar-refractivity contribution in [2.75, 3.05) is 23.8 Å². The minimum atomic E-state index is -5.10. The molecule has 16 heteroatoms. The molecule has 0 atom stereocenters. The third kappa shape index (κ3) is 7.12. The maximum Gasteiger partial charge on any atom is 0.419 e. The molecule has 0 aliphatic carbocycles. The molecular weight excluding hydrogens is 576 g/mol. The van der Waals surface area contributed by atoms with E-state index < -0.39 is 68.9 Å². The second kappa shape index (κ2) is 12.0. The Balaban J connectivity index is 2.00. The number of aliphatic hydroxyl groups excluding tert-OH is 1. The molecular formula is C24H18F8N4O3S. The first-order valence-electron chi connectivity index (χ1n) is 11.1. The fourth-order valence-corrected chi connectivity index (χ4v) is 4.36. The summed E-state index contributed by atoms with van der Waals surface area (Å²) in [5, 5.41) is 22.9. The Bertz CT molecular complexity index is 1480. The molecule has 3 rings (SSSR count). The van der Waals surface area contributed by atoms with Gasteiger partial charge in [-0.25, -0.2) is 8.78 Å². The van der Waals surface area contributed by atoms with Crippen LogP contribution in [0.5, 0.6) is 0 Å². The van der Waals surface area contributed by atoms with E-state index in [1.165, 1.54) is 0 Å². The number of rotatable bonds is 9. The lowest BCUT2D eigenvalue weighted by Crippen LogP contribution is -2.25. The molecule has 0 aliphatic heterocycles. The SMILES string of the molecule is N=C(C(=O)Nc1c(C(=O)Nc2ccc(F)c(C(F)(F)F)c2)sc2cc(C(F)(F)F)ccc12)/C(F)=C\NCCCO. The minimum absolute atomic E-state index is 0.107. The van der Waals surface area contributed by atoms with Gasteiger partial charge >= 0.3 is 12.4 Å². The van der Waals surface area contributed by atoms with Crippen molar-refractivity contribution >= 4 is 50.3 Å². The number of hydrogen-bond donors (Lipinski definition) is 5. The van der Waals surface area contributed by atoms with Crippen molar-refractivity contribution in [2.45, 2.75) is 18.8 Å². The molecule has 0 unspecified atom stereocenters. The summed E-state index contributed by atoms with van der Waals surface area (Å²) in [7, 11) is 0. The molecule has 7 nitrogen and oxygen atoms in total. The zero-order chi connectivity index (χ0) is 29.8. The van der Waals surface area contributed by atoms with Crippen LogP contribution in [-0.4, -0.2) is 35.8 Å². The third-order valence-corrected chi connectivity index (χ3v) is 6.32. The highest BCUT2D eigenvalue weighted by Crippen LogP contribution is 2.40. The van der Waals surface area contributed by atoms with Gasteiger partial charge in [0.15, 0.2) is 11.5 Å². The van der Waals surface area contributed by atoms with Crippen LogP contribution in [0.25, 0.3) is 10.1 Å². The average Bonchev–Trinajstić information content (AvgIpc) is 3.23. The predicted octanol–water partition coefficient (Wildman–Crippen LogP) is 6.07. The highest BCUT2D eigenvalue weighted by atomic mass is 32.1. The van der Waals surface area contributed by atoms with E-state index in [9.17, 15) is 44.7 Å². The Morgan fingerprint density at radius 2 is 1.70 bits per heavy atom. The normalized spacial score (nSPS) is 12.4. The van der Waals surface area contributed by atoms with Crippen LogP contribution in [0.2, 0.25) is 0 Å². The predicted molar refractivity (Wildman–Crippen MR) is 131 cm³/mol. The highest BCUT2D eigenvalue weighted by molar-refractivity contribution is 7.21. The molecule has 40 heavy (non-hydrogen) atoms. The van der Waals surface area contributed by atoms with E-state index in [1.54, 1.807) is 0 Å². The summed E-state index contributed by atoms with van der Waals surface area (Å²) < 4.78 is 107. The van der Waals surface area contributed by atoms with Crippen LogP contribution in [-0.2, 0) is 17.1 Å². The van der Waals surface area contributed by atoms with Gasteiger partial charge in [0.25, 0.3) is 11.8 Å². The molecule has 5 N–H and O–H groups in total. The summed E-state index contributed by atoms with van der Waals surface area (Å²) >= 11 is 0.438. The minimum Gasteiger partial charge on any atom is -0.396 e. The van der Waals surface area contributed by atoms with Gasteiger partial charge in [0.2, 0.25) is 0 Å². The molecule has 0 aliphatic rings. The summed E-state index contributed by atoms with van der Waals surface area (Å²) in [5.74, 6) is -5.53. The van der Waals surface area contributed by atoms with Crippen molar-refractivity contribution in [3.05, 3.63) is 70.2 Å². The molecule has 0 radical (unpaired) electrons. The number of nitrogens with one attached hydrogen (secondary N) is 4. The number of amides is 2. The first-order chi connectivity index (χ1) is 18.6. The molecule has 214 valence electrons. The highest BCUT2D eigenvalue weighted by Gasteiger charge is 2.35. The number of carbonyl (C=O) groups is 2. The summed E-state index contributed by atoms with van der Waals surface area (Å²) in [6, 6.07) is 3.82. The molecule has 2 aromatic carbocycles. The van der Waals surface area contributed by atoms with Gasteiger partial charge in [-0.1, -0.05) is 6.07 Å². The topological polar surface area (TPSA) is 114 Å². The maximum absolute atomic E-state index is 14.2. The van der Waals surface area contributed by atoms with Crippen molar-refractivity contribution in [3.63, 3.8) is 0 Å². The average molecular weight is 594 g/mol. The van der Waals surface area contributed by atoms with Gasteiger partial charge in [-0.3, -0.25) is 15.0 Å². The number of halogens is 8. The number of hydrogen-bond acceptors (Lipinski definition) is 6. The zero-order valence-corrected chi connectivity index (χ0v) is 20.7. The van der Waals surface area contributed by atoms with E-state index in [0.717, 1.165) is 12.1 Å². The monoisotopic (exact) mass is 594 g/mol. The Hall–Kier alpha value is -4.05. The summed E-state index contributed by atoms with van der Waals surface area (Å²) in [6.45, 7) is -0.0960. The van der Waals surface area contributed by atoms with Gasteiger partial charge in [0.05, 0.1) is 16.8 Å². The van der Waals surface area contributed by atoms with Gasteiger partial charge in [0, 0.05) is 35.1 Å². The first-order valence-corrected chi connectivity index (χ1v) is 11.9. The quantitative estimate of drug-likeness (QED) is 0.118. The summed E-state index contributed by atoms with van der Waals surface area (Å²) in [5.41, 5.74) is -4.95. The van der Waals surface area contributed by atoms with Crippen molar-refractivity contribution in [2.24, 2.45) is 0 Å². The van der Waals surface area contributed by atoms with Crippen LogP contribution in [0.15, 0.2) is 48.4 Å². The van der Waals surface area contributed by atoms with Crippen molar-refractivity contribution < 1.29 is 49.8 Å². The van der Waals surface area contributed by atoms with Crippen LogP contribution >= 0.6 is 11.3 Å². The number of fused-ring (bicyclic) bond motifs is 1. The molecule has 0 bridgehead atoms. The molecule has 0 fully saturated rings. The van der Waals surface area contributed by atoms with E-state index in [0.29, 0.717) is 41.8 Å². The largest absolute Gasteiger partial charge is 0.419 e. The lowest BCUT2D eigenvalue weighted by atomic mass is 10.1. The molecule has 1 aromatic heterocycles. The fraction of sp³-hybridized carbons (Fsp3) is 0.208. The van der Waals surface area contributed by atoms with Crippen LogP contribution in [0.1, 0.15) is 27.2 Å². The number of alkyl halides is 6. The van der Waals surface area contributed by atoms with Gasteiger partial charge in [0.1, 0.15) is 10.7 Å². The van der Waals surface area contributed by atoms with E-state index in [-0.39, 0.29) is 29.7 Å². The fourth-order valence-electron chi connectivity index (χ4n) is 3.26. The van der Waals surface area contributed by atoms with Crippen LogP contribution < -0.4 is 16.0 Å². The second-order valence-electron chi connectivity index (χ2n) is 8.01. The summed E-state index contributed by atoms with van der Waals surface area (Å²) in [6.07, 6.45) is -8.95. The number of benzene rings is 2. The zero-order valence-electron chi connectivity index (χ0n) is 19.9. The molecule has 1 heterocycles. The first kappa shape index (κ1) is 30.5. The molecule has 0 saturated heterocycles. The Kier molecular flexibility index (Phi) is 9.14. The Morgan fingerprint density at radius 3 is 2.33 bits per heavy atom. The lowest BCUT2D eigenvalue weighted by Gasteiger charge is -2.12. The summed E-state index contributed by atoms with van der Waals surface area (Å²) in [4.78, 5) is 25.1. The van der Waals surface area contributed by atoms with E-state index in [4.69, 9.17) is 10.5 Å². The maximum atomic E-state index is 14.2. The van der Waals surface area contributed by atoms with Crippen LogP contribution in [0, 0.1) is 11.2 Å². The van der Waals surface area contributed by atoms with E-state index in [2.05, 4.69) is 16.0 Å². The van der Waals surface area contributed by atoms with Gasteiger partial charge in [-0.2, -0.15) is 26.3 Å². The molecule has 0 saturated carbocycles. The van der Waals surface area contributed by atoms with Gasteiger partial charge < -0.3 is 21.1 Å². The number of carbonyl (C=O) groups excluding carboxylic acids is 2. The second-order valence-corrected chi connectivity index (χ2v) is 9.07. The Morgan fingerprint density at radius 1 is 1.00 bits per heavy atom. The molecule has 2 amide bonds. The van der Waals surface area contributed by atoms with Crippen LogP contribution in [0.4, 0.5) is 46.5 Å². The van der Waals surface area contributed by atoms with E-state index >= 15 is 0 Å². The number of thiophene rings is 1. The van der Waals surface area contributed by atoms with Gasteiger partial charge in [-0.15, -0.1) is 11.3 Å². The van der Waals surface area contributed by atoms with E-state index in [1.807, 2.05) is 0 Å². The number of anilines is 2.